The summed E-state index contributed by atoms with van der Waals surface area (Å²) < 4.78 is 18.7. The highest BCUT2D eigenvalue weighted by Gasteiger charge is 2.27. The summed E-state index contributed by atoms with van der Waals surface area (Å²) in [4.78, 5) is 14.6. The molecule has 4 rings (SSSR count). The fraction of sp³-hybridized carbons (Fsp3) is 0.273. The summed E-state index contributed by atoms with van der Waals surface area (Å²) in [6.07, 6.45) is 0.668. The fourth-order valence-electron chi connectivity index (χ4n) is 3.43. The fourth-order valence-corrected chi connectivity index (χ4v) is 3.43. The van der Waals surface area contributed by atoms with E-state index in [-0.39, 0.29) is 11.7 Å². The zero-order chi connectivity index (χ0) is 19.0. The number of carbonyl (C=O) groups is 1. The van der Waals surface area contributed by atoms with Crippen LogP contribution in [0.3, 0.4) is 0 Å². The second-order valence-electron chi connectivity index (χ2n) is 7.20. The predicted molar refractivity (Wildman–Crippen MR) is 101 cm³/mol. The van der Waals surface area contributed by atoms with Gasteiger partial charge in [-0.1, -0.05) is 31.1 Å². The maximum Gasteiger partial charge on any atom is 0.254 e. The molecule has 1 aliphatic rings. The first-order chi connectivity index (χ1) is 13.0. The number of benzene rings is 2. The van der Waals surface area contributed by atoms with E-state index in [1.165, 1.54) is 17.7 Å². The number of hydrogen-bond acceptors (Lipinski definition) is 3. The van der Waals surface area contributed by atoms with Crippen LogP contribution >= 0.6 is 0 Å². The second-order valence-corrected chi connectivity index (χ2v) is 7.20. The van der Waals surface area contributed by atoms with E-state index in [0.29, 0.717) is 36.8 Å². The average molecular weight is 364 g/mol. The number of nitrogens with zero attached hydrogens (tertiary/aromatic N) is 2. The number of aromatic nitrogens is 1. The van der Waals surface area contributed by atoms with Gasteiger partial charge in [0.1, 0.15) is 11.5 Å². The summed E-state index contributed by atoms with van der Waals surface area (Å²) in [6, 6.07) is 14.0. The van der Waals surface area contributed by atoms with Gasteiger partial charge in [0, 0.05) is 23.2 Å². The molecular weight excluding hydrogens is 343 g/mol. The Bertz CT molecular complexity index is 959. The Morgan fingerprint density at radius 3 is 2.48 bits per heavy atom. The van der Waals surface area contributed by atoms with E-state index in [0.717, 1.165) is 16.8 Å². The zero-order valence-electron chi connectivity index (χ0n) is 15.4. The molecular formula is C22H21FN2O2. The van der Waals surface area contributed by atoms with Crippen LogP contribution < -0.4 is 0 Å². The highest BCUT2D eigenvalue weighted by Crippen LogP contribution is 2.31. The van der Waals surface area contributed by atoms with Gasteiger partial charge in [-0.15, -0.1) is 0 Å². The molecule has 1 aromatic heterocycles. The van der Waals surface area contributed by atoms with E-state index in [1.807, 2.05) is 24.3 Å². The van der Waals surface area contributed by atoms with Crippen LogP contribution in [0, 0.1) is 5.82 Å². The Kier molecular flexibility index (Phi) is 4.52. The highest BCUT2D eigenvalue weighted by atomic mass is 19.1. The smallest absolute Gasteiger partial charge is 0.254 e. The van der Waals surface area contributed by atoms with Gasteiger partial charge in [0.05, 0.1) is 6.54 Å². The van der Waals surface area contributed by atoms with Gasteiger partial charge in [-0.05, 0) is 54.3 Å². The molecule has 2 aromatic carbocycles. The first-order valence-electron chi connectivity index (χ1n) is 9.15. The summed E-state index contributed by atoms with van der Waals surface area (Å²) >= 11 is 0. The molecule has 5 heteroatoms. The molecule has 0 saturated heterocycles. The van der Waals surface area contributed by atoms with Crippen LogP contribution in [0.5, 0.6) is 0 Å². The number of fused-ring (bicyclic) bond motifs is 1. The first kappa shape index (κ1) is 17.5. The van der Waals surface area contributed by atoms with Crippen LogP contribution in [0.2, 0.25) is 0 Å². The Morgan fingerprint density at radius 1 is 1.11 bits per heavy atom. The molecule has 0 radical (unpaired) electrons. The van der Waals surface area contributed by atoms with Crippen molar-refractivity contribution < 1.29 is 13.7 Å². The molecule has 138 valence electrons. The molecule has 0 unspecified atom stereocenters. The van der Waals surface area contributed by atoms with E-state index in [4.69, 9.17) is 4.52 Å². The largest absolute Gasteiger partial charge is 0.356 e. The van der Waals surface area contributed by atoms with Gasteiger partial charge < -0.3 is 9.42 Å². The van der Waals surface area contributed by atoms with Crippen molar-refractivity contribution in [3.05, 3.63) is 76.7 Å². The molecule has 2 heterocycles. The minimum Gasteiger partial charge on any atom is -0.356 e. The molecule has 27 heavy (non-hydrogen) atoms. The van der Waals surface area contributed by atoms with E-state index >= 15 is 0 Å². The molecule has 0 saturated carbocycles. The van der Waals surface area contributed by atoms with Crippen LogP contribution in [0.1, 0.15) is 46.9 Å². The van der Waals surface area contributed by atoms with Crippen molar-refractivity contribution in [3.8, 4) is 11.3 Å². The van der Waals surface area contributed by atoms with Crippen molar-refractivity contribution in [3.63, 3.8) is 0 Å². The highest BCUT2D eigenvalue weighted by molar-refractivity contribution is 5.94. The Balaban J connectivity index is 1.53. The average Bonchev–Trinajstić information content (AvgIpc) is 3.11. The SMILES string of the molecule is CC(C)c1ccc(C(=O)N2CCc3c(noc3-c3ccc(F)cc3)C2)cc1. The second kappa shape index (κ2) is 6.99. The van der Waals surface area contributed by atoms with Crippen molar-refractivity contribution in [2.24, 2.45) is 0 Å². The van der Waals surface area contributed by atoms with Gasteiger partial charge in [-0.2, -0.15) is 0 Å². The number of halogens is 1. The van der Waals surface area contributed by atoms with Gasteiger partial charge in [0.2, 0.25) is 0 Å². The van der Waals surface area contributed by atoms with Crippen LogP contribution in [0.4, 0.5) is 4.39 Å². The summed E-state index contributed by atoms with van der Waals surface area (Å²) in [6.45, 7) is 5.29. The molecule has 4 nitrogen and oxygen atoms in total. The minimum atomic E-state index is -0.285. The maximum atomic E-state index is 13.1. The van der Waals surface area contributed by atoms with Crippen molar-refractivity contribution in [1.82, 2.24) is 10.1 Å². The maximum absolute atomic E-state index is 13.1. The van der Waals surface area contributed by atoms with Crippen molar-refractivity contribution >= 4 is 5.91 Å². The lowest BCUT2D eigenvalue weighted by Gasteiger charge is -2.26. The monoisotopic (exact) mass is 364 g/mol. The van der Waals surface area contributed by atoms with Gasteiger partial charge in [0.15, 0.2) is 5.76 Å². The topological polar surface area (TPSA) is 46.3 Å². The van der Waals surface area contributed by atoms with E-state index in [1.54, 1.807) is 17.0 Å². The number of carbonyl (C=O) groups excluding carboxylic acids is 1. The summed E-state index contributed by atoms with van der Waals surface area (Å²) in [5.41, 5.74) is 4.47. The Labute approximate surface area is 157 Å². The van der Waals surface area contributed by atoms with Gasteiger partial charge in [-0.25, -0.2) is 4.39 Å². The predicted octanol–water partition coefficient (Wildman–Crippen LogP) is 4.80. The molecule has 0 fully saturated rings. The molecule has 0 spiro atoms. The molecule has 0 bridgehead atoms. The minimum absolute atomic E-state index is 0.00212. The lowest BCUT2D eigenvalue weighted by Crippen LogP contribution is -2.36. The van der Waals surface area contributed by atoms with Crippen LogP contribution in [-0.2, 0) is 13.0 Å². The van der Waals surface area contributed by atoms with Crippen molar-refractivity contribution in [2.75, 3.05) is 6.54 Å². The normalized spacial score (nSPS) is 13.7. The number of hydrogen-bond donors (Lipinski definition) is 0. The van der Waals surface area contributed by atoms with E-state index < -0.39 is 0 Å². The Hall–Kier alpha value is -2.95. The quantitative estimate of drug-likeness (QED) is 0.670. The molecule has 1 aliphatic heterocycles. The summed E-state index contributed by atoms with van der Waals surface area (Å²) in [5, 5.41) is 4.16. The lowest BCUT2D eigenvalue weighted by molar-refractivity contribution is 0.0731. The third-order valence-corrected chi connectivity index (χ3v) is 5.06. The summed E-state index contributed by atoms with van der Waals surface area (Å²) in [7, 11) is 0. The summed E-state index contributed by atoms with van der Waals surface area (Å²) in [5.74, 6) is 0.819. The standard InChI is InChI=1S/C22H21FN2O2/c1-14(2)15-3-5-17(6-4-15)22(26)25-12-11-19-20(13-25)24-27-21(19)16-7-9-18(23)10-8-16/h3-10,14H,11-13H2,1-2H3. The van der Waals surface area contributed by atoms with Gasteiger partial charge in [0.25, 0.3) is 5.91 Å². The number of rotatable bonds is 3. The van der Waals surface area contributed by atoms with Crippen molar-refractivity contribution in [2.45, 2.75) is 32.7 Å². The molecule has 0 N–H and O–H groups in total. The van der Waals surface area contributed by atoms with Gasteiger partial charge >= 0.3 is 0 Å². The molecule has 0 aliphatic carbocycles. The third-order valence-electron chi connectivity index (χ3n) is 5.06. The molecule has 1 amide bonds. The van der Waals surface area contributed by atoms with Crippen LogP contribution in [-0.4, -0.2) is 22.5 Å². The van der Waals surface area contributed by atoms with Crippen LogP contribution in [0.15, 0.2) is 53.1 Å². The molecule has 0 atom stereocenters. The van der Waals surface area contributed by atoms with Gasteiger partial charge in [-0.3, -0.25) is 4.79 Å². The third kappa shape index (κ3) is 3.37. The van der Waals surface area contributed by atoms with Crippen LogP contribution in [0.25, 0.3) is 11.3 Å². The van der Waals surface area contributed by atoms with E-state index in [2.05, 4.69) is 19.0 Å². The zero-order valence-corrected chi connectivity index (χ0v) is 15.4. The first-order valence-corrected chi connectivity index (χ1v) is 9.15. The van der Waals surface area contributed by atoms with Crippen molar-refractivity contribution in [1.29, 1.82) is 0 Å². The lowest BCUT2D eigenvalue weighted by atomic mass is 9.99. The Morgan fingerprint density at radius 2 is 1.81 bits per heavy atom. The number of amides is 1. The van der Waals surface area contributed by atoms with E-state index in [9.17, 15) is 9.18 Å². The molecule has 3 aromatic rings.